The quantitative estimate of drug-likeness (QED) is 0.547. The fourth-order valence-corrected chi connectivity index (χ4v) is 2.55. The van der Waals surface area contributed by atoms with Crippen molar-refractivity contribution in [3.8, 4) is 0 Å². The minimum absolute atomic E-state index is 1.05. The molecule has 2 aliphatic carbocycles. The molecule has 2 fully saturated rings. The molecular weight excluding hydrogens is 156 g/mol. The fourth-order valence-electron chi connectivity index (χ4n) is 2.55. The van der Waals surface area contributed by atoms with E-state index in [1.807, 2.05) is 0 Å². The smallest absolute Gasteiger partial charge is 0.0417 e. The maximum atomic E-state index is 2.34. The Morgan fingerprint density at radius 1 is 0.846 bits per heavy atom. The number of hydrogen-bond acceptors (Lipinski definition) is 0. The van der Waals surface area contributed by atoms with Crippen molar-refractivity contribution in [1.82, 2.24) is 0 Å². The molecule has 0 radical (unpaired) electrons. The van der Waals surface area contributed by atoms with E-state index in [-0.39, 0.29) is 0 Å². The molecule has 0 amide bonds. The molecule has 0 aromatic heterocycles. The summed E-state index contributed by atoms with van der Waals surface area (Å²) in [5, 5.41) is 0. The molecule has 0 saturated heterocycles. The SMILES string of the molecule is CC1CCCC1.CCC1CCCC1. The predicted molar refractivity (Wildman–Crippen MR) is 59.9 cm³/mol. The van der Waals surface area contributed by atoms with Crippen molar-refractivity contribution in [2.45, 2.75) is 71.6 Å². The molecule has 78 valence electrons. The molecule has 2 aliphatic rings. The summed E-state index contributed by atoms with van der Waals surface area (Å²) in [7, 11) is 0. The van der Waals surface area contributed by atoms with Gasteiger partial charge in [-0.1, -0.05) is 71.6 Å². The Kier molecular flexibility index (Phi) is 5.50. The summed E-state index contributed by atoms with van der Waals surface area (Å²) in [6.07, 6.45) is 13.4. The van der Waals surface area contributed by atoms with Gasteiger partial charge < -0.3 is 0 Å². The second-order valence-corrected chi connectivity index (χ2v) is 4.95. The molecule has 0 nitrogen and oxygen atoms in total. The van der Waals surface area contributed by atoms with Crippen LogP contribution in [0.2, 0.25) is 0 Å². The summed E-state index contributed by atoms with van der Waals surface area (Å²) >= 11 is 0. The van der Waals surface area contributed by atoms with Gasteiger partial charge in [-0.2, -0.15) is 0 Å². The summed E-state index contributed by atoms with van der Waals surface area (Å²) < 4.78 is 0. The minimum atomic E-state index is 1.05. The molecule has 0 heteroatoms. The van der Waals surface area contributed by atoms with Crippen LogP contribution >= 0.6 is 0 Å². The zero-order valence-corrected chi connectivity index (χ0v) is 9.52. The van der Waals surface area contributed by atoms with E-state index in [4.69, 9.17) is 0 Å². The van der Waals surface area contributed by atoms with Crippen LogP contribution in [0.5, 0.6) is 0 Å². The van der Waals surface area contributed by atoms with Crippen LogP contribution in [-0.4, -0.2) is 0 Å². The Balaban J connectivity index is 0.000000132. The van der Waals surface area contributed by atoms with Gasteiger partial charge in [-0.3, -0.25) is 0 Å². The highest BCUT2D eigenvalue weighted by molar-refractivity contribution is 4.64. The van der Waals surface area contributed by atoms with E-state index >= 15 is 0 Å². The second-order valence-electron chi connectivity index (χ2n) is 4.95. The van der Waals surface area contributed by atoms with Crippen molar-refractivity contribution in [1.29, 1.82) is 0 Å². The van der Waals surface area contributed by atoms with Crippen molar-refractivity contribution in [2.24, 2.45) is 11.8 Å². The molecule has 2 rings (SSSR count). The van der Waals surface area contributed by atoms with Crippen molar-refractivity contribution in [3.05, 3.63) is 0 Å². The average Bonchev–Trinajstić information content (AvgIpc) is 2.76. The van der Waals surface area contributed by atoms with Crippen molar-refractivity contribution in [3.63, 3.8) is 0 Å². The summed E-state index contributed by atoms with van der Waals surface area (Å²) in [5.41, 5.74) is 0. The van der Waals surface area contributed by atoms with E-state index in [0.29, 0.717) is 0 Å². The molecular formula is C13H26. The van der Waals surface area contributed by atoms with E-state index in [1.165, 1.54) is 57.8 Å². The highest BCUT2D eigenvalue weighted by Crippen LogP contribution is 2.26. The summed E-state index contributed by atoms with van der Waals surface area (Å²) in [5.74, 6) is 2.14. The van der Waals surface area contributed by atoms with Gasteiger partial charge in [0.2, 0.25) is 0 Å². The number of rotatable bonds is 1. The van der Waals surface area contributed by atoms with Crippen LogP contribution in [0.1, 0.15) is 71.6 Å². The van der Waals surface area contributed by atoms with Gasteiger partial charge in [0.15, 0.2) is 0 Å². The summed E-state index contributed by atoms with van der Waals surface area (Å²) in [4.78, 5) is 0. The van der Waals surface area contributed by atoms with Crippen LogP contribution in [0.4, 0.5) is 0 Å². The molecule has 13 heavy (non-hydrogen) atoms. The molecule has 0 N–H and O–H groups in total. The normalized spacial score (nSPS) is 24.5. The first-order chi connectivity index (χ1) is 6.33. The second kappa shape index (κ2) is 6.45. The third-order valence-electron chi connectivity index (χ3n) is 3.70. The van der Waals surface area contributed by atoms with Gasteiger partial charge in [0.25, 0.3) is 0 Å². The predicted octanol–water partition coefficient (Wildman–Crippen LogP) is 4.78. The Morgan fingerprint density at radius 2 is 1.31 bits per heavy atom. The highest BCUT2D eigenvalue weighted by Gasteiger charge is 2.11. The van der Waals surface area contributed by atoms with E-state index < -0.39 is 0 Å². The Morgan fingerprint density at radius 3 is 1.54 bits per heavy atom. The van der Waals surface area contributed by atoms with Crippen molar-refractivity contribution >= 4 is 0 Å². The van der Waals surface area contributed by atoms with Crippen LogP contribution < -0.4 is 0 Å². The van der Waals surface area contributed by atoms with E-state index in [0.717, 1.165) is 11.8 Å². The zero-order valence-electron chi connectivity index (χ0n) is 9.52. The third-order valence-corrected chi connectivity index (χ3v) is 3.70. The van der Waals surface area contributed by atoms with E-state index in [2.05, 4.69) is 13.8 Å². The first-order valence-corrected chi connectivity index (χ1v) is 6.33. The lowest BCUT2D eigenvalue weighted by Crippen LogP contribution is -1.86. The van der Waals surface area contributed by atoms with Gasteiger partial charge in [0, 0.05) is 0 Å². The van der Waals surface area contributed by atoms with Crippen LogP contribution in [0.25, 0.3) is 0 Å². The van der Waals surface area contributed by atoms with Gasteiger partial charge in [0.05, 0.1) is 0 Å². The molecule has 0 bridgehead atoms. The molecule has 2 saturated carbocycles. The summed E-state index contributed by atoms with van der Waals surface area (Å²) in [6.45, 7) is 4.64. The zero-order chi connectivity index (χ0) is 9.52. The average molecular weight is 182 g/mol. The fraction of sp³-hybridized carbons (Fsp3) is 1.00. The minimum Gasteiger partial charge on any atom is -0.0651 e. The maximum Gasteiger partial charge on any atom is -0.0417 e. The molecule has 0 unspecified atom stereocenters. The van der Waals surface area contributed by atoms with Gasteiger partial charge in [-0.05, 0) is 11.8 Å². The van der Waals surface area contributed by atoms with Gasteiger partial charge in [0.1, 0.15) is 0 Å². The first kappa shape index (κ1) is 11.1. The van der Waals surface area contributed by atoms with Gasteiger partial charge in [-0.25, -0.2) is 0 Å². The van der Waals surface area contributed by atoms with Crippen LogP contribution in [0.15, 0.2) is 0 Å². The first-order valence-electron chi connectivity index (χ1n) is 6.33. The third kappa shape index (κ3) is 4.69. The molecule has 0 heterocycles. The van der Waals surface area contributed by atoms with E-state index in [9.17, 15) is 0 Å². The molecule has 0 aliphatic heterocycles. The highest BCUT2D eigenvalue weighted by atomic mass is 14.2. The molecule has 0 aromatic rings. The molecule has 0 aromatic carbocycles. The molecule has 0 spiro atoms. The monoisotopic (exact) mass is 182 g/mol. The Bertz CT molecular complexity index is 105. The number of hydrogen-bond donors (Lipinski definition) is 0. The topological polar surface area (TPSA) is 0 Å². The van der Waals surface area contributed by atoms with Crippen LogP contribution in [0, 0.1) is 11.8 Å². The van der Waals surface area contributed by atoms with Crippen molar-refractivity contribution < 1.29 is 0 Å². The van der Waals surface area contributed by atoms with E-state index in [1.54, 1.807) is 0 Å². The Labute approximate surface area is 84.1 Å². The van der Waals surface area contributed by atoms with Gasteiger partial charge >= 0.3 is 0 Å². The maximum absolute atomic E-state index is 2.34. The lowest BCUT2D eigenvalue weighted by molar-refractivity contribution is 0.531. The van der Waals surface area contributed by atoms with Crippen LogP contribution in [0.3, 0.4) is 0 Å². The largest absolute Gasteiger partial charge is 0.0651 e. The van der Waals surface area contributed by atoms with Crippen LogP contribution in [-0.2, 0) is 0 Å². The lowest BCUT2D eigenvalue weighted by atomic mass is 10.1. The Hall–Kier alpha value is 0. The molecule has 0 atom stereocenters. The summed E-state index contributed by atoms with van der Waals surface area (Å²) in [6, 6.07) is 0. The van der Waals surface area contributed by atoms with Gasteiger partial charge in [-0.15, -0.1) is 0 Å². The van der Waals surface area contributed by atoms with Crippen molar-refractivity contribution in [2.75, 3.05) is 0 Å². The standard InChI is InChI=1S/C7H14.C6H12/c1-2-7-5-3-4-6-7;1-6-4-2-3-5-6/h7H,2-6H2,1H3;6H,2-5H2,1H3. The lowest BCUT2D eigenvalue weighted by Gasteiger charge is -1.99.